The number of anilines is 1. The summed E-state index contributed by atoms with van der Waals surface area (Å²) in [7, 11) is 0. The van der Waals surface area contributed by atoms with Gasteiger partial charge in [0.25, 0.3) is 6.43 Å². The van der Waals surface area contributed by atoms with Crippen LogP contribution in [0.3, 0.4) is 0 Å². The highest BCUT2D eigenvalue weighted by Gasteiger charge is 2.18. The molecule has 2 heterocycles. The lowest BCUT2D eigenvalue weighted by Crippen LogP contribution is -2.04. The first kappa shape index (κ1) is 15.9. The number of aromatic nitrogens is 4. The van der Waals surface area contributed by atoms with Crippen molar-refractivity contribution in [2.24, 2.45) is 0 Å². The minimum Gasteiger partial charge on any atom is -0.366 e. The molecule has 0 unspecified atom stereocenters. The third-order valence-corrected chi connectivity index (χ3v) is 3.30. The van der Waals surface area contributed by atoms with E-state index < -0.39 is 17.9 Å². The molecule has 0 spiro atoms. The Bertz CT molecular complexity index is 899. The van der Waals surface area contributed by atoms with E-state index in [1.54, 1.807) is 19.1 Å². The van der Waals surface area contributed by atoms with Crippen LogP contribution in [0.15, 0.2) is 36.4 Å². The molecule has 0 saturated carbocycles. The molecule has 3 aromatic rings. The topological polar surface area (TPSA) is 77.6 Å². The van der Waals surface area contributed by atoms with E-state index in [0.29, 0.717) is 11.3 Å². The van der Waals surface area contributed by atoms with Crippen molar-refractivity contribution in [3.05, 3.63) is 53.6 Å². The van der Waals surface area contributed by atoms with Crippen LogP contribution >= 0.6 is 0 Å². The first-order valence-electron chi connectivity index (χ1n) is 6.98. The van der Waals surface area contributed by atoms with Gasteiger partial charge in [0, 0.05) is 16.8 Å². The Labute approximate surface area is 135 Å². The lowest BCUT2D eigenvalue weighted by molar-refractivity contribution is 0.146. The first-order chi connectivity index (χ1) is 11.5. The van der Waals surface area contributed by atoms with Gasteiger partial charge in [0.1, 0.15) is 22.9 Å². The number of benzene rings is 1. The summed E-state index contributed by atoms with van der Waals surface area (Å²) >= 11 is 0. The SMILES string of the molecule is Cc1cc(-c2nnc(N)nc2-c2ccccc2F)cc(C(F)F)n1. The molecule has 5 nitrogen and oxygen atoms in total. The van der Waals surface area contributed by atoms with Crippen molar-refractivity contribution in [3.63, 3.8) is 0 Å². The Morgan fingerprint density at radius 2 is 1.75 bits per heavy atom. The number of hydrogen-bond donors (Lipinski definition) is 1. The molecule has 24 heavy (non-hydrogen) atoms. The summed E-state index contributed by atoms with van der Waals surface area (Å²) in [6.45, 7) is 1.58. The van der Waals surface area contributed by atoms with Gasteiger partial charge in [0.05, 0.1) is 0 Å². The number of nitrogen functional groups attached to an aromatic ring is 1. The molecule has 2 aromatic heterocycles. The van der Waals surface area contributed by atoms with Crippen LogP contribution < -0.4 is 5.73 Å². The molecule has 0 aliphatic rings. The number of nitrogens with zero attached hydrogens (tertiary/aromatic N) is 4. The van der Waals surface area contributed by atoms with Crippen LogP contribution in [-0.4, -0.2) is 20.2 Å². The summed E-state index contributed by atoms with van der Waals surface area (Å²) in [5, 5.41) is 7.59. The summed E-state index contributed by atoms with van der Waals surface area (Å²) in [6.07, 6.45) is -2.74. The molecule has 2 N–H and O–H groups in total. The zero-order chi connectivity index (χ0) is 17.3. The molecule has 0 saturated heterocycles. The molecule has 0 aliphatic carbocycles. The summed E-state index contributed by atoms with van der Waals surface area (Å²) in [6, 6.07) is 8.66. The fourth-order valence-corrected chi connectivity index (χ4v) is 2.32. The molecular weight excluding hydrogens is 319 g/mol. The van der Waals surface area contributed by atoms with Crippen LogP contribution in [0.25, 0.3) is 22.5 Å². The van der Waals surface area contributed by atoms with E-state index in [4.69, 9.17) is 5.73 Å². The summed E-state index contributed by atoms with van der Waals surface area (Å²) in [5.41, 5.74) is 6.29. The van der Waals surface area contributed by atoms with Gasteiger partial charge in [-0.1, -0.05) is 12.1 Å². The van der Waals surface area contributed by atoms with Crippen molar-refractivity contribution in [3.8, 4) is 22.5 Å². The summed E-state index contributed by atoms with van der Waals surface area (Å²) < 4.78 is 40.1. The van der Waals surface area contributed by atoms with E-state index in [0.717, 1.165) is 0 Å². The number of hydrogen-bond acceptors (Lipinski definition) is 5. The smallest absolute Gasteiger partial charge is 0.280 e. The second kappa shape index (κ2) is 6.23. The largest absolute Gasteiger partial charge is 0.366 e. The van der Waals surface area contributed by atoms with Gasteiger partial charge in [-0.15, -0.1) is 10.2 Å². The monoisotopic (exact) mass is 331 g/mol. The number of alkyl halides is 2. The van der Waals surface area contributed by atoms with Crippen LogP contribution in [0.2, 0.25) is 0 Å². The molecule has 0 aliphatic heterocycles. The van der Waals surface area contributed by atoms with Gasteiger partial charge in [0.2, 0.25) is 5.95 Å². The number of pyridine rings is 1. The molecule has 0 radical (unpaired) electrons. The van der Waals surface area contributed by atoms with E-state index in [1.807, 2.05) is 0 Å². The predicted molar refractivity (Wildman–Crippen MR) is 82.6 cm³/mol. The average molecular weight is 331 g/mol. The first-order valence-corrected chi connectivity index (χ1v) is 6.98. The highest BCUT2D eigenvalue weighted by atomic mass is 19.3. The van der Waals surface area contributed by atoms with E-state index >= 15 is 0 Å². The minimum absolute atomic E-state index is 0.131. The number of halogens is 3. The number of nitrogens with two attached hydrogens (primary N) is 1. The second-order valence-electron chi connectivity index (χ2n) is 5.07. The Balaban J connectivity index is 2.25. The maximum Gasteiger partial charge on any atom is 0.280 e. The van der Waals surface area contributed by atoms with Crippen LogP contribution in [0, 0.1) is 12.7 Å². The van der Waals surface area contributed by atoms with Crippen molar-refractivity contribution < 1.29 is 13.2 Å². The molecule has 0 bridgehead atoms. The molecule has 0 fully saturated rings. The maximum atomic E-state index is 14.1. The van der Waals surface area contributed by atoms with Crippen LogP contribution in [0.4, 0.5) is 19.1 Å². The standard InChI is InChI=1S/C16H12F3N5/c1-8-6-9(7-12(21-8)15(18)19)13-14(22-16(20)24-23-13)10-4-2-3-5-11(10)17/h2-7,15H,1H3,(H2,20,22,24). The van der Waals surface area contributed by atoms with Gasteiger partial charge in [-0.3, -0.25) is 4.98 Å². The van der Waals surface area contributed by atoms with Gasteiger partial charge < -0.3 is 5.73 Å². The Morgan fingerprint density at radius 1 is 1.00 bits per heavy atom. The third kappa shape index (κ3) is 3.03. The third-order valence-electron chi connectivity index (χ3n) is 3.30. The normalized spacial score (nSPS) is 11.0. The molecule has 122 valence electrons. The van der Waals surface area contributed by atoms with Crippen molar-refractivity contribution in [1.82, 2.24) is 20.2 Å². The maximum absolute atomic E-state index is 14.1. The lowest BCUT2D eigenvalue weighted by Gasteiger charge is -2.10. The van der Waals surface area contributed by atoms with Crippen molar-refractivity contribution in [2.45, 2.75) is 13.3 Å². The van der Waals surface area contributed by atoms with Gasteiger partial charge in [0.15, 0.2) is 0 Å². The highest BCUT2D eigenvalue weighted by Crippen LogP contribution is 2.32. The van der Waals surface area contributed by atoms with Crippen molar-refractivity contribution in [1.29, 1.82) is 0 Å². The average Bonchev–Trinajstić information content (AvgIpc) is 2.54. The number of rotatable bonds is 3. The molecular formula is C16H12F3N5. The Morgan fingerprint density at radius 3 is 2.46 bits per heavy atom. The van der Waals surface area contributed by atoms with Gasteiger partial charge in [-0.05, 0) is 31.2 Å². The van der Waals surface area contributed by atoms with E-state index in [9.17, 15) is 13.2 Å². The fraction of sp³-hybridized carbons (Fsp3) is 0.125. The fourth-order valence-electron chi connectivity index (χ4n) is 2.32. The quantitative estimate of drug-likeness (QED) is 0.794. The van der Waals surface area contributed by atoms with Crippen LogP contribution in [0.1, 0.15) is 17.8 Å². The van der Waals surface area contributed by atoms with Gasteiger partial charge in [-0.2, -0.15) is 0 Å². The van der Waals surface area contributed by atoms with E-state index in [-0.39, 0.29) is 22.9 Å². The summed E-state index contributed by atoms with van der Waals surface area (Å²) in [4.78, 5) is 7.82. The number of aryl methyl sites for hydroxylation is 1. The van der Waals surface area contributed by atoms with Crippen molar-refractivity contribution in [2.75, 3.05) is 5.73 Å². The molecule has 8 heteroatoms. The molecule has 0 amide bonds. The Kier molecular flexibility index (Phi) is 4.11. The Hall–Kier alpha value is -3.03. The lowest BCUT2D eigenvalue weighted by atomic mass is 10.0. The van der Waals surface area contributed by atoms with Gasteiger partial charge >= 0.3 is 0 Å². The van der Waals surface area contributed by atoms with Gasteiger partial charge in [-0.25, -0.2) is 18.2 Å². The molecule has 3 rings (SSSR count). The van der Waals surface area contributed by atoms with Crippen LogP contribution in [-0.2, 0) is 0 Å². The minimum atomic E-state index is -2.74. The molecule has 1 aromatic carbocycles. The van der Waals surface area contributed by atoms with E-state index in [1.165, 1.54) is 24.3 Å². The zero-order valence-electron chi connectivity index (χ0n) is 12.5. The second-order valence-corrected chi connectivity index (χ2v) is 5.07. The van der Waals surface area contributed by atoms with E-state index in [2.05, 4.69) is 20.2 Å². The highest BCUT2D eigenvalue weighted by molar-refractivity contribution is 5.78. The van der Waals surface area contributed by atoms with Crippen LogP contribution in [0.5, 0.6) is 0 Å². The van der Waals surface area contributed by atoms with Crippen molar-refractivity contribution >= 4 is 5.95 Å². The summed E-state index contributed by atoms with van der Waals surface area (Å²) in [5.74, 6) is -0.671. The predicted octanol–water partition coefficient (Wildman–Crippen LogP) is 3.57. The zero-order valence-corrected chi connectivity index (χ0v) is 12.5. The molecule has 0 atom stereocenters.